The summed E-state index contributed by atoms with van der Waals surface area (Å²) in [4.78, 5) is 31.2. The van der Waals surface area contributed by atoms with Crippen LogP contribution >= 0.6 is 15.9 Å². The fourth-order valence-electron chi connectivity index (χ4n) is 2.51. The van der Waals surface area contributed by atoms with Crippen LogP contribution in [0.15, 0.2) is 65.8 Å². The third-order valence-corrected chi connectivity index (χ3v) is 4.40. The largest absolute Gasteiger partial charge is 0.444 e. The second-order valence-corrected chi connectivity index (χ2v) is 7.01. The lowest BCUT2D eigenvalue weighted by Crippen LogP contribution is -2.42. The molecule has 28 heavy (non-hydrogen) atoms. The van der Waals surface area contributed by atoms with Crippen molar-refractivity contribution in [2.45, 2.75) is 25.7 Å². The van der Waals surface area contributed by atoms with Crippen molar-refractivity contribution in [2.75, 3.05) is 6.54 Å². The van der Waals surface area contributed by atoms with Crippen molar-refractivity contribution in [3.63, 3.8) is 0 Å². The van der Waals surface area contributed by atoms with Crippen LogP contribution in [0.25, 0.3) is 0 Å². The van der Waals surface area contributed by atoms with Crippen LogP contribution in [0.2, 0.25) is 0 Å². The maximum atomic E-state index is 12.5. The first-order valence-electron chi connectivity index (χ1n) is 8.69. The molecule has 0 aromatic heterocycles. The molecule has 0 saturated heterocycles. The number of carbonyl (C=O) groups excluding carboxylic acids is 2. The van der Waals surface area contributed by atoms with Crippen molar-refractivity contribution in [3.05, 3.63) is 71.8 Å². The van der Waals surface area contributed by atoms with Gasteiger partial charge in [-0.05, 0) is 27.1 Å². The Morgan fingerprint density at radius 3 is 1.89 bits per heavy atom. The minimum absolute atomic E-state index is 0.0279. The van der Waals surface area contributed by atoms with E-state index in [1.165, 1.54) is 0 Å². The van der Waals surface area contributed by atoms with Crippen LogP contribution in [-0.4, -0.2) is 34.4 Å². The highest BCUT2D eigenvalue weighted by atomic mass is 79.9. The summed E-state index contributed by atoms with van der Waals surface area (Å²) in [5, 5.41) is 3.78. The molecule has 0 spiro atoms. The number of imide groups is 1. The molecular weight excluding hydrogens is 428 g/mol. The van der Waals surface area contributed by atoms with Crippen LogP contribution in [0.4, 0.5) is 9.59 Å². The van der Waals surface area contributed by atoms with Gasteiger partial charge in [-0.3, -0.25) is 0 Å². The molecule has 7 nitrogen and oxygen atoms in total. The molecule has 1 atom stereocenters. The first-order chi connectivity index (χ1) is 13.6. The minimum Gasteiger partial charge on any atom is -0.444 e. The van der Waals surface area contributed by atoms with Crippen molar-refractivity contribution in [2.24, 2.45) is 5.16 Å². The number of hydrogen-bond donors (Lipinski definition) is 0. The summed E-state index contributed by atoms with van der Waals surface area (Å²) in [6, 6.07) is 18.4. The van der Waals surface area contributed by atoms with Crippen LogP contribution in [0, 0.1) is 0 Å². The highest BCUT2D eigenvalue weighted by Crippen LogP contribution is 2.17. The van der Waals surface area contributed by atoms with E-state index in [1.807, 2.05) is 60.7 Å². The molecule has 8 heteroatoms. The number of amides is 2. The van der Waals surface area contributed by atoms with E-state index in [0.717, 1.165) is 16.0 Å². The average Bonchev–Trinajstić information content (AvgIpc) is 3.15. The lowest BCUT2D eigenvalue weighted by atomic mass is 10.2. The zero-order valence-corrected chi connectivity index (χ0v) is 16.6. The first-order valence-corrected chi connectivity index (χ1v) is 9.48. The number of halogens is 1. The van der Waals surface area contributed by atoms with Gasteiger partial charge in [0.25, 0.3) is 0 Å². The topological polar surface area (TPSA) is 77.4 Å². The predicted molar refractivity (Wildman–Crippen MR) is 106 cm³/mol. The fraction of sp³-hybridized carbons (Fsp3) is 0.250. The molecule has 0 fully saturated rings. The molecule has 1 aliphatic rings. The van der Waals surface area contributed by atoms with E-state index >= 15 is 0 Å². The number of hydrogen-bond acceptors (Lipinski definition) is 6. The molecule has 1 heterocycles. The van der Waals surface area contributed by atoms with Crippen molar-refractivity contribution >= 4 is 32.7 Å². The third-order valence-electron chi connectivity index (χ3n) is 3.93. The Balaban J connectivity index is 1.61. The molecule has 0 aliphatic carbocycles. The Labute approximate surface area is 171 Å². The fourth-order valence-corrected chi connectivity index (χ4v) is 2.96. The van der Waals surface area contributed by atoms with Gasteiger partial charge in [-0.1, -0.05) is 65.8 Å². The monoisotopic (exact) mass is 446 g/mol. The maximum absolute atomic E-state index is 12.5. The van der Waals surface area contributed by atoms with E-state index < -0.39 is 18.3 Å². The molecule has 0 N–H and O–H groups in total. The van der Waals surface area contributed by atoms with Gasteiger partial charge in [-0.15, -0.1) is 0 Å². The summed E-state index contributed by atoms with van der Waals surface area (Å²) < 4.78 is 11.2. The van der Waals surface area contributed by atoms with E-state index in [9.17, 15) is 9.59 Å². The van der Waals surface area contributed by atoms with Crippen molar-refractivity contribution < 1.29 is 23.9 Å². The van der Waals surface area contributed by atoms with Gasteiger partial charge in [0, 0.05) is 6.42 Å². The van der Waals surface area contributed by atoms with Crippen LogP contribution in [0.1, 0.15) is 17.5 Å². The quantitative estimate of drug-likeness (QED) is 0.654. The third kappa shape index (κ3) is 5.82. The highest BCUT2D eigenvalue weighted by molar-refractivity contribution is 9.18. The van der Waals surface area contributed by atoms with E-state index in [0.29, 0.717) is 11.0 Å². The maximum Gasteiger partial charge on any atom is 0.419 e. The van der Waals surface area contributed by atoms with Gasteiger partial charge >= 0.3 is 12.2 Å². The standard InChI is InChI=1S/C20H19BrN2O5/c21-18-11-17(28-22-18)12-23(19(24)26-13-15-7-3-1-4-8-15)20(25)27-14-16-9-5-2-6-10-16/h1-10,17H,11-14H2. The van der Waals surface area contributed by atoms with Crippen LogP contribution in [-0.2, 0) is 27.5 Å². The van der Waals surface area contributed by atoms with Gasteiger partial charge in [0.05, 0.1) is 6.54 Å². The number of nitrogens with zero attached hydrogens (tertiary/aromatic N) is 2. The van der Waals surface area contributed by atoms with Gasteiger partial charge in [0.1, 0.15) is 17.8 Å². The summed E-state index contributed by atoms with van der Waals surface area (Å²) in [6.45, 7) is 0.0710. The van der Waals surface area contributed by atoms with Gasteiger partial charge in [0.15, 0.2) is 6.10 Å². The van der Waals surface area contributed by atoms with Gasteiger partial charge in [-0.2, -0.15) is 0 Å². The summed E-state index contributed by atoms with van der Waals surface area (Å²) in [5.74, 6) is 0. The summed E-state index contributed by atoms with van der Waals surface area (Å²) in [5.41, 5.74) is 1.63. The zero-order valence-electron chi connectivity index (χ0n) is 15.0. The SMILES string of the molecule is O=C(OCc1ccccc1)N(CC1CC(Br)=NO1)C(=O)OCc1ccccc1. The van der Waals surface area contributed by atoms with E-state index in [-0.39, 0.29) is 19.8 Å². The van der Waals surface area contributed by atoms with Crippen LogP contribution < -0.4 is 0 Å². The molecular formula is C20H19BrN2O5. The molecule has 1 unspecified atom stereocenters. The molecule has 2 aromatic rings. The van der Waals surface area contributed by atoms with Crippen LogP contribution in [0.5, 0.6) is 0 Å². The van der Waals surface area contributed by atoms with E-state index in [4.69, 9.17) is 14.3 Å². The van der Waals surface area contributed by atoms with E-state index in [2.05, 4.69) is 21.1 Å². The van der Waals surface area contributed by atoms with E-state index in [1.54, 1.807) is 0 Å². The lowest BCUT2D eigenvalue weighted by molar-refractivity contribution is 0.0313. The van der Waals surface area contributed by atoms with Gasteiger partial charge in [0.2, 0.25) is 0 Å². The van der Waals surface area contributed by atoms with Gasteiger partial charge in [-0.25, -0.2) is 14.5 Å². The molecule has 0 bridgehead atoms. The normalized spacial score (nSPS) is 15.3. The predicted octanol–water partition coefficient (Wildman–Crippen LogP) is 4.46. The highest BCUT2D eigenvalue weighted by Gasteiger charge is 2.31. The molecule has 146 valence electrons. The smallest absolute Gasteiger partial charge is 0.419 e. The van der Waals surface area contributed by atoms with Crippen molar-refractivity contribution in [1.82, 2.24) is 4.90 Å². The van der Waals surface area contributed by atoms with Crippen LogP contribution in [0.3, 0.4) is 0 Å². The summed E-state index contributed by atoms with van der Waals surface area (Å²) in [7, 11) is 0. The molecule has 1 aliphatic heterocycles. The zero-order chi connectivity index (χ0) is 19.8. The average molecular weight is 447 g/mol. The second-order valence-electron chi connectivity index (χ2n) is 6.09. The summed E-state index contributed by atoms with van der Waals surface area (Å²) >= 11 is 3.24. The van der Waals surface area contributed by atoms with Crippen molar-refractivity contribution in [3.8, 4) is 0 Å². The number of oxime groups is 1. The second kappa shape index (κ2) is 9.89. The summed E-state index contributed by atoms with van der Waals surface area (Å²) in [6.07, 6.45) is -1.60. The molecule has 0 radical (unpaired) electrons. The Kier molecular flexibility index (Phi) is 7.02. The molecule has 2 amide bonds. The Morgan fingerprint density at radius 2 is 1.46 bits per heavy atom. The van der Waals surface area contributed by atoms with Crippen molar-refractivity contribution in [1.29, 1.82) is 0 Å². The Morgan fingerprint density at radius 1 is 0.964 bits per heavy atom. The molecule has 0 saturated carbocycles. The number of carbonyl (C=O) groups is 2. The first kappa shape index (κ1) is 19.9. The Hall–Kier alpha value is -2.87. The molecule has 3 rings (SSSR count). The number of rotatable bonds is 6. The Bertz CT molecular complexity index is 774. The number of ether oxygens (including phenoxy) is 2. The molecule has 2 aromatic carbocycles. The lowest BCUT2D eigenvalue weighted by Gasteiger charge is -2.22. The number of benzene rings is 2. The van der Waals surface area contributed by atoms with Gasteiger partial charge < -0.3 is 14.3 Å². The minimum atomic E-state index is -0.798.